The van der Waals surface area contributed by atoms with Gasteiger partial charge in [-0.05, 0) is 23.1 Å². The van der Waals surface area contributed by atoms with Crippen molar-refractivity contribution in [3.63, 3.8) is 0 Å². The molecule has 1 aliphatic rings. The molecule has 0 spiro atoms. The van der Waals surface area contributed by atoms with Gasteiger partial charge in [-0.25, -0.2) is 0 Å². The highest BCUT2D eigenvalue weighted by atomic mass is 16.5. The molecule has 0 amide bonds. The molecule has 0 aliphatic carbocycles. The lowest BCUT2D eigenvalue weighted by atomic mass is 10.1. The topological polar surface area (TPSA) is 41.5 Å². The monoisotopic (exact) mass is 235 g/mol. The molecule has 3 nitrogen and oxygen atoms in total. The van der Waals surface area contributed by atoms with Gasteiger partial charge in [0.1, 0.15) is 5.75 Å². The maximum atomic E-state index is 9.68. The van der Waals surface area contributed by atoms with Gasteiger partial charge in [0, 0.05) is 19.5 Å². The van der Waals surface area contributed by atoms with Crippen molar-refractivity contribution in [3.8, 4) is 5.75 Å². The Labute approximate surface area is 103 Å². The van der Waals surface area contributed by atoms with E-state index < -0.39 is 0 Å². The lowest BCUT2D eigenvalue weighted by Gasteiger charge is -2.15. The van der Waals surface area contributed by atoms with Gasteiger partial charge in [0.2, 0.25) is 0 Å². The molecule has 2 N–H and O–H groups in total. The number of rotatable bonds is 5. The van der Waals surface area contributed by atoms with Crippen molar-refractivity contribution in [1.82, 2.24) is 5.32 Å². The first-order chi connectivity index (χ1) is 8.16. The molecular weight excluding hydrogens is 214 g/mol. The molecule has 1 heterocycles. The first-order valence-corrected chi connectivity index (χ1v) is 6.30. The largest absolute Gasteiger partial charge is 0.493 e. The molecule has 1 unspecified atom stereocenters. The molecule has 17 heavy (non-hydrogen) atoms. The minimum absolute atomic E-state index is 0.271. The first kappa shape index (κ1) is 12.4. The Kier molecular flexibility index (Phi) is 4.02. The normalized spacial score (nSPS) is 15.8. The minimum atomic E-state index is -0.271. The maximum absolute atomic E-state index is 9.68. The second-order valence-electron chi connectivity index (χ2n) is 4.98. The molecule has 2 rings (SSSR count). The molecule has 0 aromatic heterocycles. The van der Waals surface area contributed by atoms with Crippen LogP contribution in [0.4, 0.5) is 0 Å². The average molecular weight is 235 g/mol. The highest BCUT2D eigenvalue weighted by Gasteiger charge is 2.12. The summed E-state index contributed by atoms with van der Waals surface area (Å²) in [5.74, 6) is 1.33. The molecule has 1 aromatic carbocycles. The summed E-state index contributed by atoms with van der Waals surface area (Å²) in [6, 6.07) is 6.31. The Balaban J connectivity index is 1.83. The van der Waals surface area contributed by atoms with Crippen molar-refractivity contribution < 1.29 is 9.84 Å². The Morgan fingerprint density at radius 3 is 3.00 bits per heavy atom. The Morgan fingerprint density at radius 1 is 1.41 bits per heavy atom. The van der Waals surface area contributed by atoms with E-state index in [1.807, 2.05) is 19.9 Å². The highest BCUT2D eigenvalue weighted by molar-refractivity contribution is 5.39. The second kappa shape index (κ2) is 5.52. The van der Waals surface area contributed by atoms with Crippen LogP contribution in [0.25, 0.3) is 0 Å². The fraction of sp³-hybridized carbons (Fsp3) is 0.571. The standard InChI is InChI=1S/C14H21NO2/c1-10(2)13(16)9-15-8-11-3-4-14-12(7-11)5-6-17-14/h3-4,7,10,13,15-16H,5-6,8-9H2,1-2H3. The SMILES string of the molecule is CC(C)C(O)CNCc1ccc2c(c1)CCO2. The van der Waals surface area contributed by atoms with Crippen molar-refractivity contribution in [2.45, 2.75) is 32.9 Å². The van der Waals surface area contributed by atoms with E-state index in [4.69, 9.17) is 4.74 Å². The third kappa shape index (κ3) is 3.20. The van der Waals surface area contributed by atoms with Crippen LogP contribution in [0.1, 0.15) is 25.0 Å². The van der Waals surface area contributed by atoms with Crippen molar-refractivity contribution >= 4 is 0 Å². The van der Waals surface area contributed by atoms with Gasteiger partial charge in [0.25, 0.3) is 0 Å². The van der Waals surface area contributed by atoms with Crippen LogP contribution in [0.5, 0.6) is 5.75 Å². The minimum Gasteiger partial charge on any atom is -0.493 e. The Hall–Kier alpha value is -1.06. The zero-order chi connectivity index (χ0) is 12.3. The van der Waals surface area contributed by atoms with Crippen LogP contribution in [0.15, 0.2) is 18.2 Å². The van der Waals surface area contributed by atoms with Crippen molar-refractivity contribution in [3.05, 3.63) is 29.3 Å². The van der Waals surface area contributed by atoms with Crippen LogP contribution in [-0.2, 0) is 13.0 Å². The summed E-state index contributed by atoms with van der Waals surface area (Å²) in [6.45, 7) is 6.30. The van der Waals surface area contributed by atoms with Gasteiger partial charge in [-0.1, -0.05) is 26.0 Å². The number of ether oxygens (including phenoxy) is 1. The predicted octanol–water partition coefficient (Wildman–Crippen LogP) is 1.73. The Morgan fingerprint density at radius 2 is 2.24 bits per heavy atom. The number of benzene rings is 1. The second-order valence-corrected chi connectivity index (χ2v) is 4.98. The summed E-state index contributed by atoms with van der Waals surface area (Å²) in [5.41, 5.74) is 2.55. The van der Waals surface area contributed by atoms with Crippen LogP contribution in [-0.4, -0.2) is 24.4 Å². The van der Waals surface area contributed by atoms with E-state index in [-0.39, 0.29) is 6.10 Å². The van der Waals surface area contributed by atoms with E-state index in [9.17, 15) is 5.11 Å². The summed E-state index contributed by atoms with van der Waals surface area (Å²) >= 11 is 0. The van der Waals surface area contributed by atoms with E-state index in [0.29, 0.717) is 12.5 Å². The van der Waals surface area contributed by atoms with Gasteiger partial charge in [0.15, 0.2) is 0 Å². The fourth-order valence-electron chi connectivity index (χ4n) is 1.95. The highest BCUT2D eigenvalue weighted by Crippen LogP contribution is 2.25. The summed E-state index contributed by atoms with van der Waals surface area (Å²) in [5, 5.41) is 13.0. The smallest absolute Gasteiger partial charge is 0.122 e. The maximum Gasteiger partial charge on any atom is 0.122 e. The molecule has 3 heteroatoms. The average Bonchev–Trinajstić information content (AvgIpc) is 2.75. The lowest BCUT2D eigenvalue weighted by Crippen LogP contribution is -2.30. The van der Waals surface area contributed by atoms with Crippen LogP contribution >= 0.6 is 0 Å². The van der Waals surface area contributed by atoms with Gasteiger partial charge >= 0.3 is 0 Å². The van der Waals surface area contributed by atoms with Gasteiger partial charge in [0.05, 0.1) is 12.7 Å². The predicted molar refractivity (Wildman–Crippen MR) is 68.2 cm³/mol. The summed E-state index contributed by atoms with van der Waals surface area (Å²) in [6.07, 6.45) is 0.741. The van der Waals surface area contributed by atoms with E-state index in [2.05, 4.69) is 17.4 Å². The van der Waals surface area contributed by atoms with E-state index in [0.717, 1.165) is 25.3 Å². The van der Waals surface area contributed by atoms with Crippen LogP contribution in [0, 0.1) is 5.92 Å². The van der Waals surface area contributed by atoms with Gasteiger partial charge < -0.3 is 15.2 Å². The summed E-state index contributed by atoms with van der Waals surface area (Å²) in [4.78, 5) is 0. The van der Waals surface area contributed by atoms with Gasteiger partial charge in [-0.2, -0.15) is 0 Å². The number of aliphatic hydroxyl groups is 1. The molecule has 1 atom stereocenters. The van der Waals surface area contributed by atoms with Crippen LogP contribution in [0.3, 0.4) is 0 Å². The quantitative estimate of drug-likeness (QED) is 0.816. The summed E-state index contributed by atoms with van der Waals surface area (Å²) in [7, 11) is 0. The van der Waals surface area contributed by atoms with Crippen molar-refractivity contribution in [1.29, 1.82) is 0 Å². The lowest BCUT2D eigenvalue weighted by molar-refractivity contribution is 0.123. The van der Waals surface area contributed by atoms with E-state index >= 15 is 0 Å². The number of hydrogen-bond acceptors (Lipinski definition) is 3. The molecule has 1 aromatic rings. The molecule has 0 bridgehead atoms. The third-order valence-corrected chi connectivity index (χ3v) is 3.21. The van der Waals surface area contributed by atoms with E-state index in [1.165, 1.54) is 11.1 Å². The summed E-state index contributed by atoms with van der Waals surface area (Å²) < 4.78 is 5.47. The Bertz CT molecular complexity index is 376. The van der Waals surface area contributed by atoms with Gasteiger partial charge in [-0.15, -0.1) is 0 Å². The number of aliphatic hydroxyl groups excluding tert-OH is 1. The number of fused-ring (bicyclic) bond motifs is 1. The molecule has 0 fully saturated rings. The van der Waals surface area contributed by atoms with Gasteiger partial charge in [-0.3, -0.25) is 0 Å². The molecule has 0 saturated carbocycles. The van der Waals surface area contributed by atoms with Crippen molar-refractivity contribution in [2.75, 3.05) is 13.2 Å². The van der Waals surface area contributed by atoms with E-state index in [1.54, 1.807) is 0 Å². The first-order valence-electron chi connectivity index (χ1n) is 6.30. The van der Waals surface area contributed by atoms with Crippen LogP contribution in [0.2, 0.25) is 0 Å². The molecule has 0 saturated heterocycles. The third-order valence-electron chi connectivity index (χ3n) is 3.21. The number of hydrogen-bond donors (Lipinski definition) is 2. The molecule has 94 valence electrons. The number of nitrogens with one attached hydrogen (secondary N) is 1. The fourth-order valence-corrected chi connectivity index (χ4v) is 1.95. The molecular formula is C14H21NO2. The zero-order valence-electron chi connectivity index (χ0n) is 10.6. The zero-order valence-corrected chi connectivity index (χ0v) is 10.6. The molecule has 0 radical (unpaired) electrons. The van der Waals surface area contributed by atoms with Crippen molar-refractivity contribution in [2.24, 2.45) is 5.92 Å². The molecule has 1 aliphatic heterocycles. The van der Waals surface area contributed by atoms with Crippen LogP contribution < -0.4 is 10.1 Å².